The predicted octanol–water partition coefficient (Wildman–Crippen LogP) is 5.07. The molecule has 3 rings (SSSR count). The molecule has 0 spiro atoms. The van der Waals surface area contributed by atoms with E-state index < -0.39 is 7.92 Å². The van der Waals surface area contributed by atoms with Crippen molar-refractivity contribution in [3.63, 3.8) is 0 Å². The van der Waals surface area contributed by atoms with Gasteiger partial charge in [-0.25, -0.2) is 0 Å². The minimum atomic E-state index is -0.485. The van der Waals surface area contributed by atoms with Gasteiger partial charge in [-0.3, -0.25) is 4.99 Å². The lowest BCUT2D eigenvalue weighted by Crippen LogP contribution is -2.03. The van der Waals surface area contributed by atoms with Crippen LogP contribution in [0.5, 0.6) is 0 Å². The van der Waals surface area contributed by atoms with Gasteiger partial charge in [-0.05, 0) is 42.8 Å². The first-order chi connectivity index (χ1) is 10.4. The molecule has 0 bridgehead atoms. The van der Waals surface area contributed by atoms with E-state index in [1.54, 1.807) is 0 Å². The molecule has 2 aliphatic rings. The zero-order valence-electron chi connectivity index (χ0n) is 11.9. The van der Waals surface area contributed by atoms with E-state index in [1.165, 1.54) is 15.9 Å². The van der Waals surface area contributed by atoms with Crippen molar-refractivity contribution in [1.29, 1.82) is 0 Å². The van der Waals surface area contributed by atoms with Gasteiger partial charge < -0.3 is 0 Å². The lowest BCUT2D eigenvalue weighted by molar-refractivity contribution is 1.35. The number of rotatable bonds is 3. The summed E-state index contributed by atoms with van der Waals surface area (Å²) in [4.78, 5) is 4.24. The third-order valence-corrected chi connectivity index (χ3v) is 5.93. The van der Waals surface area contributed by atoms with E-state index in [0.717, 1.165) is 12.8 Å². The smallest absolute Gasteiger partial charge is 0.0271 e. The lowest BCUT2D eigenvalue weighted by atomic mass is 10.4. The molecule has 1 atom stereocenters. The SMILES string of the molecule is C1=CCC=CC(P(C2=CC=NC=CC2)c2ccccc2)=C1. The Balaban J connectivity index is 2.05. The summed E-state index contributed by atoms with van der Waals surface area (Å²) in [6.45, 7) is 0. The number of benzene rings is 1. The van der Waals surface area contributed by atoms with Crippen molar-refractivity contribution in [2.24, 2.45) is 4.99 Å². The van der Waals surface area contributed by atoms with Gasteiger partial charge in [0.15, 0.2) is 0 Å². The Morgan fingerprint density at radius 3 is 2.76 bits per heavy atom. The molecule has 0 aromatic heterocycles. The summed E-state index contributed by atoms with van der Waals surface area (Å²) in [5.74, 6) is 0. The Morgan fingerprint density at radius 2 is 1.86 bits per heavy atom. The maximum Gasteiger partial charge on any atom is 0.0271 e. The fourth-order valence-corrected chi connectivity index (χ4v) is 4.85. The van der Waals surface area contributed by atoms with Crippen LogP contribution >= 0.6 is 7.92 Å². The van der Waals surface area contributed by atoms with Crippen molar-refractivity contribution in [1.82, 2.24) is 0 Å². The summed E-state index contributed by atoms with van der Waals surface area (Å²) < 4.78 is 0. The van der Waals surface area contributed by atoms with Gasteiger partial charge in [0.2, 0.25) is 0 Å². The van der Waals surface area contributed by atoms with Crippen LogP contribution in [0.2, 0.25) is 0 Å². The third-order valence-electron chi connectivity index (χ3n) is 3.40. The molecule has 0 N–H and O–H groups in total. The van der Waals surface area contributed by atoms with Gasteiger partial charge >= 0.3 is 0 Å². The normalized spacial score (nSPS) is 18.7. The molecule has 1 aliphatic carbocycles. The molecule has 0 fully saturated rings. The largest absolute Gasteiger partial charge is 0.265 e. The molecule has 1 nitrogen and oxygen atoms in total. The molecule has 0 amide bonds. The van der Waals surface area contributed by atoms with Gasteiger partial charge in [0, 0.05) is 12.4 Å². The first-order valence-electron chi connectivity index (χ1n) is 7.21. The second kappa shape index (κ2) is 7.15. The Bertz CT molecular complexity index is 660. The van der Waals surface area contributed by atoms with Crippen LogP contribution in [0.4, 0.5) is 0 Å². The molecule has 1 aliphatic heterocycles. The van der Waals surface area contributed by atoms with Crippen LogP contribution in [-0.4, -0.2) is 6.21 Å². The Labute approximate surface area is 127 Å². The van der Waals surface area contributed by atoms with Crippen molar-refractivity contribution < 1.29 is 0 Å². The quantitative estimate of drug-likeness (QED) is 0.690. The number of hydrogen-bond acceptors (Lipinski definition) is 1. The highest BCUT2D eigenvalue weighted by Crippen LogP contribution is 2.53. The Kier molecular flexibility index (Phi) is 4.76. The average Bonchev–Trinajstić information content (AvgIpc) is 2.94. The molecule has 1 aromatic carbocycles. The van der Waals surface area contributed by atoms with Gasteiger partial charge in [-0.2, -0.15) is 0 Å². The van der Waals surface area contributed by atoms with E-state index in [4.69, 9.17) is 0 Å². The molecule has 1 unspecified atom stereocenters. The topological polar surface area (TPSA) is 12.4 Å². The van der Waals surface area contributed by atoms with Crippen molar-refractivity contribution >= 4 is 19.4 Å². The van der Waals surface area contributed by atoms with E-state index in [9.17, 15) is 0 Å². The molecule has 21 heavy (non-hydrogen) atoms. The molecule has 104 valence electrons. The van der Waals surface area contributed by atoms with Crippen LogP contribution in [0, 0.1) is 0 Å². The number of allylic oxidation sites excluding steroid dienone is 9. The van der Waals surface area contributed by atoms with Crippen LogP contribution in [0.1, 0.15) is 12.8 Å². The summed E-state index contributed by atoms with van der Waals surface area (Å²) in [6.07, 6.45) is 21.3. The monoisotopic (exact) mass is 291 g/mol. The maximum absolute atomic E-state index is 4.24. The van der Waals surface area contributed by atoms with Crippen LogP contribution in [0.25, 0.3) is 0 Å². The van der Waals surface area contributed by atoms with E-state index in [0.29, 0.717) is 0 Å². The Morgan fingerprint density at radius 1 is 0.952 bits per heavy atom. The van der Waals surface area contributed by atoms with E-state index in [1.807, 2.05) is 12.4 Å². The van der Waals surface area contributed by atoms with Crippen molar-refractivity contribution in [3.8, 4) is 0 Å². The fraction of sp³-hybridized carbons (Fsp3) is 0.105. The second-order valence-electron chi connectivity index (χ2n) is 4.87. The van der Waals surface area contributed by atoms with Gasteiger partial charge in [0.05, 0.1) is 0 Å². The fourth-order valence-electron chi connectivity index (χ4n) is 2.42. The van der Waals surface area contributed by atoms with Gasteiger partial charge in [-0.1, -0.05) is 66.8 Å². The molecule has 2 heteroatoms. The first-order valence-corrected chi connectivity index (χ1v) is 8.55. The highest BCUT2D eigenvalue weighted by molar-refractivity contribution is 7.73. The molecule has 1 heterocycles. The highest BCUT2D eigenvalue weighted by atomic mass is 31.1. The van der Waals surface area contributed by atoms with Gasteiger partial charge in [-0.15, -0.1) is 0 Å². The van der Waals surface area contributed by atoms with Crippen LogP contribution in [-0.2, 0) is 0 Å². The summed E-state index contributed by atoms with van der Waals surface area (Å²) in [5.41, 5.74) is 0. The number of aliphatic imine (C=N–C) groups is 1. The first kappa shape index (κ1) is 14.0. The van der Waals surface area contributed by atoms with E-state index >= 15 is 0 Å². The second-order valence-corrected chi connectivity index (χ2v) is 7.15. The molecular weight excluding hydrogens is 273 g/mol. The average molecular weight is 291 g/mol. The third kappa shape index (κ3) is 3.56. The van der Waals surface area contributed by atoms with Crippen molar-refractivity contribution in [3.05, 3.63) is 89.7 Å². The molecule has 0 saturated heterocycles. The van der Waals surface area contributed by atoms with Crippen LogP contribution < -0.4 is 5.30 Å². The van der Waals surface area contributed by atoms with E-state index in [-0.39, 0.29) is 0 Å². The number of nitrogens with zero attached hydrogens (tertiary/aromatic N) is 1. The summed E-state index contributed by atoms with van der Waals surface area (Å²) in [7, 11) is -0.485. The molecule has 0 saturated carbocycles. The summed E-state index contributed by atoms with van der Waals surface area (Å²) in [5, 5.41) is 4.24. The van der Waals surface area contributed by atoms with Crippen molar-refractivity contribution in [2.45, 2.75) is 12.8 Å². The zero-order chi connectivity index (χ0) is 14.3. The molecule has 0 radical (unpaired) electrons. The predicted molar refractivity (Wildman–Crippen MR) is 94.3 cm³/mol. The van der Waals surface area contributed by atoms with Crippen molar-refractivity contribution in [2.75, 3.05) is 0 Å². The zero-order valence-corrected chi connectivity index (χ0v) is 12.8. The van der Waals surface area contributed by atoms with Crippen LogP contribution in [0.3, 0.4) is 0 Å². The standard InChI is InChI=1S/C19H18NP/c1-2-5-10-17(9-4-1)21(18-11-6-3-7-12-18)19-13-8-15-20-16-14-19/h1,3-12,14-16H,2,13H2. The molecule has 1 aromatic rings. The lowest BCUT2D eigenvalue weighted by Gasteiger charge is -2.21. The summed E-state index contributed by atoms with van der Waals surface area (Å²) in [6, 6.07) is 10.8. The van der Waals surface area contributed by atoms with E-state index in [2.05, 4.69) is 77.9 Å². The minimum absolute atomic E-state index is 0.485. The number of hydrogen-bond donors (Lipinski definition) is 0. The molecular formula is C19H18NP. The highest BCUT2D eigenvalue weighted by Gasteiger charge is 2.18. The van der Waals surface area contributed by atoms with Gasteiger partial charge in [0.1, 0.15) is 0 Å². The maximum atomic E-state index is 4.24. The minimum Gasteiger partial charge on any atom is -0.265 e. The summed E-state index contributed by atoms with van der Waals surface area (Å²) >= 11 is 0. The Hall–Kier alpha value is -1.98. The van der Waals surface area contributed by atoms with Gasteiger partial charge in [0.25, 0.3) is 0 Å². The van der Waals surface area contributed by atoms with Crippen LogP contribution in [0.15, 0.2) is 94.7 Å².